The first kappa shape index (κ1) is 15.1. The zero-order valence-corrected chi connectivity index (χ0v) is 13.1. The normalized spacial score (nSPS) is 24.8. The fourth-order valence-corrected chi connectivity index (χ4v) is 3.76. The van der Waals surface area contributed by atoms with E-state index in [1.54, 1.807) is 11.0 Å². The molecule has 114 valence electrons. The van der Waals surface area contributed by atoms with E-state index in [-0.39, 0.29) is 18.6 Å². The van der Waals surface area contributed by atoms with Gasteiger partial charge in [-0.3, -0.25) is 29.4 Å². The lowest BCUT2D eigenvalue weighted by molar-refractivity contribution is -0.141. The Labute approximate surface area is 135 Å². The van der Waals surface area contributed by atoms with Crippen molar-refractivity contribution >= 4 is 39.8 Å². The maximum absolute atomic E-state index is 12.1. The second-order valence-electron chi connectivity index (χ2n) is 5.37. The first-order valence-electron chi connectivity index (χ1n) is 6.88. The summed E-state index contributed by atoms with van der Waals surface area (Å²) in [6, 6.07) is 4.15. The van der Waals surface area contributed by atoms with Crippen molar-refractivity contribution in [3.8, 4) is 0 Å². The zero-order chi connectivity index (χ0) is 15.9. The number of hydrogen-bond donors (Lipinski definition) is 1. The summed E-state index contributed by atoms with van der Waals surface area (Å²) in [7, 11) is 0. The van der Waals surface area contributed by atoms with E-state index in [1.165, 1.54) is 0 Å². The number of carbonyl (C=O) groups excluding carboxylic acids is 4. The summed E-state index contributed by atoms with van der Waals surface area (Å²) in [6.45, 7) is 0.394. The molecule has 2 heterocycles. The Hall–Kier alpha value is -1.86. The molecule has 2 unspecified atom stereocenters. The van der Waals surface area contributed by atoms with Gasteiger partial charge in [-0.25, -0.2) is 0 Å². The Morgan fingerprint density at radius 2 is 2.14 bits per heavy atom. The number of benzene rings is 1. The largest absolute Gasteiger partial charge is 0.295 e. The lowest BCUT2D eigenvalue weighted by Gasteiger charge is -2.32. The van der Waals surface area contributed by atoms with Crippen LogP contribution in [0.2, 0.25) is 0 Å². The lowest BCUT2D eigenvalue weighted by atomic mass is 9.99. The number of imide groups is 1. The van der Waals surface area contributed by atoms with Gasteiger partial charge in [-0.05, 0) is 23.6 Å². The number of ketones is 1. The van der Waals surface area contributed by atoms with Crippen molar-refractivity contribution in [3.63, 3.8) is 0 Å². The van der Waals surface area contributed by atoms with Crippen molar-refractivity contribution < 1.29 is 19.2 Å². The Bertz CT molecular complexity index is 688. The number of nitrogens with one attached hydrogen (secondary N) is 1. The first-order valence-corrected chi connectivity index (χ1v) is 7.68. The van der Waals surface area contributed by atoms with E-state index in [2.05, 4.69) is 21.2 Å². The van der Waals surface area contributed by atoms with E-state index in [9.17, 15) is 19.2 Å². The minimum absolute atomic E-state index is 0.229. The quantitative estimate of drug-likeness (QED) is 0.489. The molecule has 2 aliphatic heterocycles. The zero-order valence-electron chi connectivity index (χ0n) is 11.5. The number of Topliss-reactive ketones (excluding diaryl/α,β-unsaturated/α-hetero) is 1. The predicted octanol–water partition coefficient (Wildman–Crippen LogP) is 0.879. The lowest BCUT2D eigenvalue weighted by Crippen LogP contribution is -2.52. The summed E-state index contributed by atoms with van der Waals surface area (Å²) in [4.78, 5) is 48.3. The fraction of sp³-hybridized carbons (Fsp3) is 0.333. The van der Waals surface area contributed by atoms with Crippen LogP contribution in [0.3, 0.4) is 0 Å². The highest BCUT2D eigenvalue weighted by Crippen LogP contribution is 2.40. The highest BCUT2D eigenvalue weighted by molar-refractivity contribution is 9.10. The van der Waals surface area contributed by atoms with Gasteiger partial charge in [-0.1, -0.05) is 28.1 Å². The van der Waals surface area contributed by atoms with E-state index >= 15 is 0 Å². The van der Waals surface area contributed by atoms with Crippen LogP contribution >= 0.6 is 15.9 Å². The van der Waals surface area contributed by atoms with E-state index in [4.69, 9.17) is 0 Å². The van der Waals surface area contributed by atoms with Crippen LogP contribution in [0.25, 0.3) is 0 Å². The smallest absolute Gasteiger partial charge is 0.243 e. The minimum atomic E-state index is -0.785. The summed E-state index contributed by atoms with van der Waals surface area (Å²) in [5, 5.41) is 2.29. The van der Waals surface area contributed by atoms with E-state index in [0.29, 0.717) is 13.0 Å². The molecule has 0 radical (unpaired) electrons. The number of halogens is 1. The Morgan fingerprint density at radius 3 is 2.82 bits per heavy atom. The maximum atomic E-state index is 12.1. The number of fused-ring (bicyclic) bond motifs is 1. The van der Waals surface area contributed by atoms with Gasteiger partial charge in [-0.2, -0.15) is 0 Å². The molecule has 2 aliphatic rings. The van der Waals surface area contributed by atoms with Crippen LogP contribution in [0, 0.1) is 0 Å². The van der Waals surface area contributed by atoms with Gasteiger partial charge in [0.2, 0.25) is 17.6 Å². The van der Waals surface area contributed by atoms with Gasteiger partial charge in [0.05, 0.1) is 6.04 Å². The molecule has 7 heteroatoms. The third-order valence-electron chi connectivity index (χ3n) is 4.10. The van der Waals surface area contributed by atoms with Crippen molar-refractivity contribution in [1.29, 1.82) is 0 Å². The first-order chi connectivity index (χ1) is 10.5. The van der Waals surface area contributed by atoms with Crippen molar-refractivity contribution in [1.82, 2.24) is 10.2 Å². The van der Waals surface area contributed by atoms with Gasteiger partial charge in [-0.15, -0.1) is 0 Å². The average molecular weight is 365 g/mol. The van der Waals surface area contributed by atoms with Crippen LogP contribution in [0.5, 0.6) is 0 Å². The van der Waals surface area contributed by atoms with Crippen LogP contribution in [0.15, 0.2) is 22.7 Å². The predicted molar refractivity (Wildman–Crippen MR) is 79.7 cm³/mol. The van der Waals surface area contributed by atoms with Gasteiger partial charge >= 0.3 is 0 Å². The standard InChI is InChI=1S/C15H13BrN2O4/c16-9-3-1-2-8-6-18(14(13(8)9)11(20)7-19)10-4-5-12(21)17-15(10)22/h1-3,7,10,14H,4-6H2,(H,17,21,22). The second-order valence-corrected chi connectivity index (χ2v) is 6.23. The molecular weight excluding hydrogens is 352 g/mol. The van der Waals surface area contributed by atoms with Crippen LogP contribution < -0.4 is 5.32 Å². The van der Waals surface area contributed by atoms with Crippen LogP contribution in [-0.4, -0.2) is 34.8 Å². The van der Waals surface area contributed by atoms with E-state index in [1.807, 2.05) is 12.1 Å². The van der Waals surface area contributed by atoms with Gasteiger partial charge in [0.15, 0.2) is 6.29 Å². The fourth-order valence-electron chi connectivity index (χ4n) is 3.14. The van der Waals surface area contributed by atoms with Crippen LogP contribution in [0.1, 0.15) is 30.0 Å². The van der Waals surface area contributed by atoms with Crippen LogP contribution in [0.4, 0.5) is 0 Å². The molecule has 1 aromatic carbocycles. The third kappa shape index (κ3) is 2.40. The van der Waals surface area contributed by atoms with Crippen molar-refractivity contribution in [2.75, 3.05) is 0 Å². The topological polar surface area (TPSA) is 83.6 Å². The summed E-state index contributed by atoms with van der Waals surface area (Å²) < 4.78 is 0.736. The monoisotopic (exact) mass is 364 g/mol. The third-order valence-corrected chi connectivity index (χ3v) is 4.79. The molecule has 0 aromatic heterocycles. The molecule has 22 heavy (non-hydrogen) atoms. The summed E-state index contributed by atoms with van der Waals surface area (Å²) in [5.41, 5.74) is 1.63. The summed E-state index contributed by atoms with van der Waals surface area (Å²) >= 11 is 3.41. The SMILES string of the molecule is O=CC(=O)C1c2c(Br)cccc2CN1C1CCC(=O)NC1=O. The number of amides is 2. The summed E-state index contributed by atoms with van der Waals surface area (Å²) in [6.07, 6.45) is 0.865. The molecule has 0 spiro atoms. The number of carbonyl (C=O) groups is 4. The second kappa shape index (κ2) is 5.73. The van der Waals surface area contributed by atoms with Crippen molar-refractivity contribution in [2.45, 2.75) is 31.5 Å². The number of hydrogen-bond acceptors (Lipinski definition) is 5. The van der Waals surface area contributed by atoms with E-state index < -0.39 is 23.8 Å². The van der Waals surface area contributed by atoms with Crippen molar-refractivity contribution in [2.24, 2.45) is 0 Å². The minimum Gasteiger partial charge on any atom is -0.295 e. The number of piperidine rings is 1. The Morgan fingerprint density at radius 1 is 1.36 bits per heavy atom. The number of rotatable bonds is 3. The highest BCUT2D eigenvalue weighted by Gasteiger charge is 2.44. The average Bonchev–Trinajstić information content (AvgIpc) is 2.87. The van der Waals surface area contributed by atoms with Gasteiger partial charge in [0.25, 0.3) is 0 Å². The maximum Gasteiger partial charge on any atom is 0.243 e. The molecule has 2 amide bonds. The Kier molecular flexibility index (Phi) is 3.92. The molecule has 1 N–H and O–H groups in total. The molecule has 6 nitrogen and oxygen atoms in total. The molecule has 1 fully saturated rings. The molecule has 1 saturated heterocycles. The van der Waals surface area contributed by atoms with Crippen LogP contribution in [-0.2, 0) is 25.7 Å². The van der Waals surface area contributed by atoms with Gasteiger partial charge < -0.3 is 0 Å². The molecule has 3 rings (SSSR count). The molecule has 2 atom stereocenters. The van der Waals surface area contributed by atoms with Crippen molar-refractivity contribution in [3.05, 3.63) is 33.8 Å². The molecule has 0 saturated carbocycles. The molecular formula is C15H13BrN2O4. The highest BCUT2D eigenvalue weighted by atomic mass is 79.9. The molecule has 0 bridgehead atoms. The van der Waals surface area contributed by atoms with Gasteiger partial charge in [0.1, 0.15) is 6.04 Å². The molecule has 1 aromatic rings. The number of aldehydes is 1. The van der Waals surface area contributed by atoms with E-state index in [0.717, 1.165) is 15.6 Å². The molecule has 0 aliphatic carbocycles. The Balaban J connectivity index is 2.00. The summed E-state index contributed by atoms with van der Waals surface area (Å²) in [5.74, 6) is -1.31. The number of nitrogens with zero attached hydrogens (tertiary/aromatic N) is 1. The van der Waals surface area contributed by atoms with Gasteiger partial charge in [0, 0.05) is 17.4 Å².